The van der Waals surface area contributed by atoms with Crippen LogP contribution in [0.3, 0.4) is 0 Å². The summed E-state index contributed by atoms with van der Waals surface area (Å²) in [6.07, 6.45) is 2.64. The molecule has 5 rings (SSSR count). The molecule has 2 aliphatic rings. The smallest absolute Gasteiger partial charge is 0.268 e. The number of thiophene rings is 1. The predicted octanol–water partition coefficient (Wildman–Crippen LogP) is 5.46. The number of amides is 2. The number of carbonyl (C=O) groups excluding carboxylic acids is 2. The molecule has 2 aliphatic heterocycles. The third-order valence-corrected chi connectivity index (χ3v) is 8.98. The molecule has 2 saturated heterocycles. The van der Waals surface area contributed by atoms with Crippen molar-refractivity contribution >= 4 is 40.4 Å². The molecular weight excluding hydrogens is 504 g/mol. The maximum absolute atomic E-state index is 13.3. The molecular formula is C29H33ClN4O2S. The molecule has 6 nitrogen and oxygen atoms in total. The Labute approximate surface area is 227 Å². The molecule has 194 valence electrons. The average Bonchev–Trinajstić information content (AvgIpc) is 3.60. The van der Waals surface area contributed by atoms with Crippen molar-refractivity contribution in [1.29, 1.82) is 0 Å². The van der Waals surface area contributed by atoms with E-state index in [9.17, 15) is 9.59 Å². The second kappa shape index (κ2) is 10.9. The number of likely N-dealkylation sites (tertiary alicyclic amines) is 2. The monoisotopic (exact) mass is 536 g/mol. The van der Waals surface area contributed by atoms with Crippen molar-refractivity contribution in [2.45, 2.75) is 27.2 Å². The van der Waals surface area contributed by atoms with Gasteiger partial charge in [-0.15, -0.1) is 11.3 Å². The first-order chi connectivity index (χ1) is 17.8. The summed E-state index contributed by atoms with van der Waals surface area (Å²) in [5, 5.41) is 2.60. The van der Waals surface area contributed by atoms with Crippen LogP contribution in [-0.2, 0) is 0 Å². The number of carbonyl (C=O) groups is 2. The average molecular weight is 537 g/mol. The van der Waals surface area contributed by atoms with Crippen molar-refractivity contribution in [3.8, 4) is 0 Å². The van der Waals surface area contributed by atoms with E-state index in [1.165, 1.54) is 11.3 Å². The number of benzene rings is 1. The largest absolute Gasteiger partial charge is 0.338 e. The lowest BCUT2D eigenvalue weighted by Gasteiger charge is -2.25. The molecule has 37 heavy (non-hydrogen) atoms. The van der Waals surface area contributed by atoms with Crippen LogP contribution >= 0.6 is 22.9 Å². The highest BCUT2D eigenvalue weighted by Gasteiger charge is 2.42. The van der Waals surface area contributed by atoms with Gasteiger partial charge in [0.1, 0.15) is 0 Å². The van der Waals surface area contributed by atoms with Crippen LogP contribution in [0, 0.1) is 32.6 Å². The van der Waals surface area contributed by atoms with E-state index in [2.05, 4.69) is 9.88 Å². The second-order valence-electron chi connectivity index (χ2n) is 10.3. The van der Waals surface area contributed by atoms with Crippen molar-refractivity contribution in [1.82, 2.24) is 14.8 Å². The zero-order chi connectivity index (χ0) is 26.1. The molecule has 2 atom stereocenters. The molecule has 3 aromatic rings. The zero-order valence-corrected chi connectivity index (χ0v) is 23.2. The van der Waals surface area contributed by atoms with Crippen LogP contribution in [0.5, 0.6) is 0 Å². The van der Waals surface area contributed by atoms with Gasteiger partial charge in [-0.05, 0) is 86.3 Å². The third kappa shape index (κ3) is 5.44. The second-order valence-corrected chi connectivity index (χ2v) is 11.7. The minimum Gasteiger partial charge on any atom is -0.338 e. The number of aryl methyl sites for hydroxylation is 3. The van der Waals surface area contributed by atoms with Gasteiger partial charge in [-0.25, -0.2) is 0 Å². The Morgan fingerprint density at radius 3 is 2.46 bits per heavy atom. The van der Waals surface area contributed by atoms with Gasteiger partial charge >= 0.3 is 0 Å². The lowest BCUT2D eigenvalue weighted by Crippen LogP contribution is -2.36. The molecule has 0 aliphatic carbocycles. The molecule has 2 fully saturated rings. The summed E-state index contributed by atoms with van der Waals surface area (Å²) in [6, 6.07) is 11.5. The van der Waals surface area contributed by atoms with Gasteiger partial charge in [-0.3, -0.25) is 14.6 Å². The number of nitrogens with zero attached hydrogens (tertiary/aromatic N) is 4. The Balaban J connectivity index is 1.18. The molecule has 8 heteroatoms. The number of aromatic nitrogens is 1. The Morgan fingerprint density at radius 1 is 1.05 bits per heavy atom. The topological polar surface area (TPSA) is 56.8 Å². The number of hydrogen-bond donors (Lipinski definition) is 0. The first-order valence-electron chi connectivity index (χ1n) is 12.9. The van der Waals surface area contributed by atoms with Crippen molar-refractivity contribution in [2.24, 2.45) is 11.8 Å². The molecule has 0 radical (unpaired) electrons. The number of rotatable bonds is 7. The van der Waals surface area contributed by atoms with Crippen LogP contribution < -0.4 is 4.90 Å². The summed E-state index contributed by atoms with van der Waals surface area (Å²) in [7, 11) is 0. The fourth-order valence-corrected chi connectivity index (χ4v) is 6.54. The van der Waals surface area contributed by atoms with E-state index in [-0.39, 0.29) is 11.8 Å². The first-order valence-corrected chi connectivity index (χ1v) is 14.1. The molecule has 0 bridgehead atoms. The number of fused-ring (bicyclic) bond motifs is 1. The van der Waals surface area contributed by atoms with E-state index in [1.807, 2.05) is 72.3 Å². The number of halogens is 1. The molecule has 0 spiro atoms. The number of anilines is 1. The number of pyridine rings is 1. The molecule has 2 unspecified atom stereocenters. The van der Waals surface area contributed by atoms with E-state index in [1.54, 1.807) is 6.20 Å². The molecule has 1 aromatic carbocycles. The summed E-state index contributed by atoms with van der Waals surface area (Å²) in [5.74, 6) is 1.13. The molecule has 2 aromatic heterocycles. The van der Waals surface area contributed by atoms with Crippen molar-refractivity contribution in [3.63, 3.8) is 0 Å². The lowest BCUT2D eigenvalue weighted by atomic mass is 10.0. The first kappa shape index (κ1) is 25.9. The Bertz CT molecular complexity index is 1260. The van der Waals surface area contributed by atoms with Crippen LogP contribution in [0.1, 0.15) is 43.3 Å². The van der Waals surface area contributed by atoms with Crippen molar-refractivity contribution < 1.29 is 9.59 Å². The van der Waals surface area contributed by atoms with Gasteiger partial charge in [-0.1, -0.05) is 23.7 Å². The fraction of sp³-hybridized carbons (Fsp3) is 0.414. The minimum absolute atomic E-state index is 0.0170. The Kier molecular flexibility index (Phi) is 7.65. The summed E-state index contributed by atoms with van der Waals surface area (Å²) in [4.78, 5) is 37.9. The van der Waals surface area contributed by atoms with Gasteiger partial charge in [0.2, 0.25) is 0 Å². The van der Waals surface area contributed by atoms with E-state index < -0.39 is 0 Å². The SMILES string of the molecule is Cc1ccc(N(CCCN2CC3CN(C(=O)c4c(C)ccnc4C)CC3C2)C(=O)c2cccs2)cc1Cl. The van der Waals surface area contributed by atoms with Crippen LogP contribution in [0.4, 0.5) is 5.69 Å². The Morgan fingerprint density at radius 2 is 1.81 bits per heavy atom. The standard InChI is InChI=1S/C29H33ClN4O2S/c1-19-7-8-24(14-25(19)30)34(28(35)26-6-4-13-37-26)12-5-11-32-15-22-17-33(18-23(22)16-32)29(36)27-20(2)9-10-31-21(27)3/h4,6-10,13-14,22-23H,5,11-12,15-18H2,1-3H3. The van der Waals surface area contributed by atoms with E-state index >= 15 is 0 Å². The maximum Gasteiger partial charge on any atom is 0.268 e. The highest BCUT2D eigenvalue weighted by molar-refractivity contribution is 7.12. The van der Waals surface area contributed by atoms with Crippen molar-refractivity contribution in [3.05, 3.63) is 80.3 Å². The highest BCUT2D eigenvalue weighted by Crippen LogP contribution is 2.33. The van der Waals surface area contributed by atoms with Crippen LogP contribution in [0.15, 0.2) is 48.0 Å². The zero-order valence-electron chi connectivity index (χ0n) is 21.6. The maximum atomic E-state index is 13.3. The van der Waals surface area contributed by atoms with Gasteiger partial charge in [0.25, 0.3) is 11.8 Å². The Hall–Kier alpha value is -2.74. The van der Waals surface area contributed by atoms with Gasteiger partial charge < -0.3 is 14.7 Å². The molecule has 2 amide bonds. The van der Waals surface area contributed by atoms with Gasteiger partial charge in [0.05, 0.1) is 16.1 Å². The van der Waals surface area contributed by atoms with Gasteiger partial charge in [0, 0.05) is 49.6 Å². The van der Waals surface area contributed by atoms with E-state index in [0.717, 1.165) is 72.1 Å². The summed E-state index contributed by atoms with van der Waals surface area (Å²) < 4.78 is 0. The minimum atomic E-state index is 0.0170. The predicted molar refractivity (Wildman–Crippen MR) is 150 cm³/mol. The number of hydrogen-bond acceptors (Lipinski definition) is 5. The van der Waals surface area contributed by atoms with Crippen LogP contribution in [0.25, 0.3) is 0 Å². The normalized spacial score (nSPS) is 19.3. The summed E-state index contributed by atoms with van der Waals surface area (Å²) in [5.41, 5.74) is 4.39. The molecule has 0 saturated carbocycles. The quantitative estimate of drug-likeness (QED) is 0.402. The third-order valence-electron chi connectivity index (χ3n) is 7.71. The van der Waals surface area contributed by atoms with Crippen LogP contribution in [0.2, 0.25) is 5.02 Å². The highest BCUT2D eigenvalue weighted by atomic mass is 35.5. The van der Waals surface area contributed by atoms with Gasteiger partial charge in [-0.2, -0.15) is 0 Å². The van der Waals surface area contributed by atoms with Crippen molar-refractivity contribution in [2.75, 3.05) is 44.2 Å². The van der Waals surface area contributed by atoms with E-state index in [0.29, 0.717) is 23.4 Å². The van der Waals surface area contributed by atoms with Crippen LogP contribution in [-0.4, -0.2) is 65.9 Å². The summed E-state index contributed by atoms with van der Waals surface area (Å²) >= 11 is 7.86. The molecule has 0 N–H and O–H groups in total. The molecule has 4 heterocycles. The fourth-order valence-electron chi connectivity index (χ4n) is 5.70. The lowest BCUT2D eigenvalue weighted by molar-refractivity contribution is 0.0772. The van der Waals surface area contributed by atoms with Gasteiger partial charge in [0.15, 0.2) is 0 Å². The van der Waals surface area contributed by atoms with E-state index in [4.69, 9.17) is 11.6 Å². The summed E-state index contributed by atoms with van der Waals surface area (Å²) in [6.45, 7) is 11.0.